The molecule has 1 aromatic heterocycles. The Bertz CT molecular complexity index is 763. The molecule has 128 valence electrons. The number of nitrogens with two attached hydrogens (primary N) is 1. The number of aromatic nitrogens is 2. The van der Waals surface area contributed by atoms with E-state index in [-0.39, 0.29) is 17.8 Å². The van der Waals surface area contributed by atoms with Crippen molar-refractivity contribution >= 4 is 16.9 Å². The lowest BCUT2D eigenvalue weighted by Crippen LogP contribution is -2.21. The van der Waals surface area contributed by atoms with E-state index in [0.29, 0.717) is 11.0 Å². The van der Waals surface area contributed by atoms with Gasteiger partial charge in [0.05, 0.1) is 11.0 Å². The molecule has 1 fully saturated rings. The minimum atomic E-state index is -2.79. The molecule has 1 aromatic carbocycles. The summed E-state index contributed by atoms with van der Waals surface area (Å²) in [5, 5.41) is 8.16. The Kier molecular flexibility index (Phi) is 4.78. The summed E-state index contributed by atoms with van der Waals surface area (Å²) in [5.41, 5.74) is 6.72. The average Bonchev–Trinajstić information content (AvgIpc) is 2.95. The molecule has 0 unspecified atom stereocenters. The van der Waals surface area contributed by atoms with E-state index in [1.165, 1.54) is 12.5 Å². The molecule has 7 heteroatoms. The van der Waals surface area contributed by atoms with Crippen molar-refractivity contribution in [3.05, 3.63) is 42.0 Å². The monoisotopic (exact) mass is 334 g/mol. The molecular weight excluding hydrogens is 314 g/mol. The second kappa shape index (κ2) is 6.98. The predicted molar refractivity (Wildman–Crippen MR) is 88.0 cm³/mol. The first-order valence-corrected chi connectivity index (χ1v) is 8.04. The van der Waals surface area contributed by atoms with Crippen molar-refractivity contribution in [2.24, 2.45) is 5.73 Å². The van der Waals surface area contributed by atoms with Gasteiger partial charge in [0.2, 0.25) is 0 Å². The molecule has 3 rings (SSSR count). The highest BCUT2D eigenvalue weighted by Crippen LogP contribution is 2.25. The lowest BCUT2D eigenvalue weighted by Gasteiger charge is -2.23. The maximum atomic E-state index is 13.3. The van der Waals surface area contributed by atoms with Gasteiger partial charge in [0.15, 0.2) is 11.7 Å². The van der Waals surface area contributed by atoms with E-state index in [4.69, 9.17) is 15.9 Å². The fourth-order valence-electron chi connectivity index (χ4n) is 3.05. The van der Waals surface area contributed by atoms with E-state index in [9.17, 15) is 8.78 Å². The third-order valence-electron chi connectivity index (χ3n) is 4.16. The van der Waals surface area contributed by atoms with Crippen LogP contribution in [0.2, 0.25) is 0 Å². The number of halogens is 2. The van der Waals surface area contributed by atoms with E-state index in [1.54, 1.807) is 24.3 Å². The summed E-state index contributed by atoms with van der Waals surface area (Å²) in [6, 6.07) is 6.72. The van der Waals surface area contributed by atoms with Gasteiger partial charge in [-0.3, -0.25) is 9.98 Å². The van der Waals surface area contributed by atoms with Crippen molar-refractivity contribution in [1.82, 2.24) is 9.55 Å². The topological polar surface area (TPSA) is 76.9 Å². The third-order valence-corrected chi connectivity index (χ3v) is 4.16. The van der Waals surface area contributed by atoms with Gasteiger partial charge in [-0.05, 0) is 37.8 Å². The molecule has 0 saturated heterocycles. The zero-order valence-electron chi connectivity index (χ0n) is 13.2. The van der Waals surface area contributed by atoms with Crippen molar-refractivity contribution in [2.75, 3.05) is 0 Å². The van der Waals surface area contributed by atoms with Crippen molar-refractivity contribution in [3.63, 3.8) is 0 Å². The standard InChI is InChI=1S/C17H20F2N4O/c18-16(19)17-22-12-8-4-5-9-13(12)23(17)14(20)10-15(21)24-11-6-2-1-3-7-11/h4-5,8-11,16,20H,1-3,6-7,21H2. The first-order valence-electron chi connectivity index (χ1n) is 8.04. The maximum absolute atomic E-state index is 13.3. The van der Waals surface area contributed by atoms with Crippen LogP contribution < -0.4 is 5.73 Å². The van der Waals surface area contributed by atoms with E-state index >= 15 is 0 Å². The van der Waals surface area contributed by atoms with Crippen LogP contribution in [0.3, 0.4) is 0 Å². The van der Waals surface area contributed by atoms with Gasteiger partial charge in [-0.15, -0.1) is 0 Å². The summed E-state index contributed by atoms with van der Waals surface area (Å²) < 4.78 is 33.3. The molecule has 5 nitrogen and oxygen atoms in total. The molecule has 24 heavy (non-hydrogen) atoms. The van der Waals surface area contributed by atoms with Crippen LogP contribution in [0.25, 0.3) is 11.0 Å². The molecule has 0 atom stereocenters. The lowest BCUT2D eigenvalue weighted by atomic mass is 9.98. The van der Waals surface area contributed by atoms with Crippen LogP contribution in [0.5, 0.6) is 0 Å². The van der Waals surface area contributed by atoms with Crippen LogP contribution in [0.1, 0.15) is 44.4 Å². The lowest BCUT2D eigenvalue weighted by molar-refractivity contribution is 0.0810. The number of fused-ring (bicyclic) bond motifs is 1. The molecule has 2 aromatic rings. The maximum Gasteiger partial charge on any atom is 0.296 e. The Morgan fingerprint density at radius 1 is 1.29 bits per heavy atom. The van der Waals surface area contributed by atoms with Gasteiger partial charge < -0.3 is 10.5 Å². The van der Waals surface area contributed by atoms with Crippen LogP contribution in [-0.4, -0.2) is 21.5 Å². The minimum absolute atomic E-state index is 0.0388. The van der Waals surface area contributed by atoms with Crippen molar-refractivity contribution in [1.29, 1.82) is 5.41 Å². The van der Waals surface area contributed by atoms with E-state index in [0.717, 1.165) is 30.3 Å². The molecule has 0 aliphatic heterocycles. The van der Waals surface area contributed by atoms with Crippen LogP contribution in [-0.2, 0) is 4.74 Å². The Hall–Kier alpha value is -2.44. The van der Waals surface area contributed by atoms with Crippen LogP contribution in [0.4, 0.5) is 8.78 Å². The fraction of sp³-hybridized carbons (Fsp3) is 0.412. The molecule has 0 spiro atoms. The predicted octanol–water partition coefficient (Wildman–Crippen LogP) is 3.95. The number of imidazole rings is 1. The number of para-hydroxylation sites is 2. The Labute approximate surface area is 138 Å². The highest BCUT2D eigenvalue weighted by Gasteiger charge is 2.21. The van der Waals surface area contributed by atoms with Crippen molar-refractivity contribution in [3.8, 4) is 0 Å². The molecule has 3 N–H and O–H groups in total. The van der Waals surface area contributed by atoms with E-state index in [2.05, 4.69) is 4.98 Å². The highest BCUT2D eigenvalue weighted by atomic mass is 19.3. The number of alkyl halides is 2. The Balaban J connectivity index is 1.87. The quantitative estimate of drug-likeness (QED) is 0.505. The number of rotatable bonds is 4. The van der Waals surface area contributed by atoms with Crippen LogP contribution in [0.15, 0.2) is 36.2 Å². The zero-order chi connectivity index (χ0) is 17.1. The van der Waals surface area contributed by atoms with Crippen molar-refractivity contribution < 1.29 is 13.5 Å². The second-order valence-electron chi connectivity index (χ2n) is 5.90. The summed E-state index contributed by atoms with van der Waals surface area (Å²) in [6.45, 7) is 0. The molecule has 1 heterocycles. The van der Waals surface area contributed by atoms with E-state index in [1.807, 2.05) is 0 Å². The van der Waals surface area contributed by atoms with Gasteiger partial charge in [0.1, 0.15) is 11.9 Å². The number of ether oxygens (including phenoxy) is 1. The van der Waals surface area contributed by atoms with Gasteiger partial charge in [-0.25, -0.2) is 13.8 Å². The van der Waals surface area contributed by atoms with Gasteiger partial charge >= 0.3 is 0 Å². The molecule has 1 saturated carbocycles. The number of hydrogen-bond acceptors (Lipinski definition) is 4. The molecule has 0 bridgehead atoms. The summed E-state index contributed by atoms with van der Waals surface area (Å²) in [7, 11) is 0. The zero-order valence-corrected chi connectivity index (χ0v) is 13.2. The normalized spacial score (nSPS) is 16.7. The number of nitrogens with zero attached hydrogens (tertiary/aromatic N) is 2. The minimum Gasteiger partial charge on any atom is -0.476 e. The van der Waals surface area contributed by atoms with Gasteiger partial charge in [-0.2, -0.15) is 0 Å². The van der Waals surface area contributed by atoms with E-state index < -0.39 is 12.2 Å². The van der Waals surface area contributed by atoms with Crippen LogP contribution in [0, 0.1) is 5.41 Å². The number of benzene rings is 1. The highest BCUT2D eigenvalue weighted by molar-refractivity contribution is 5.99. The SMILES string of the molecule is N=C(C=C(N)OC1CCCCC1)n1c(C(F)F)nc2ccccc21. The number of allylic oxidation sites excluding steroid dienone is 1. The van der Waals surface area contributed by atoms with Gasteiger partial charge in [0, 0.05) is 6.08 Å². The smallest absolute Gasteiger partial charge is 0.296 e. The second-order valence-corrected chi connectivity index (χ2v) is 5.90. The molecular formula is C17H20F2N4O. The molecule has 1 aliphatic carbocycles. The van der Waals surface area contributed by atoms with Gasteiger partial charge in [0.25, 0.3) is 6.43 Å². The van der Waals surface area contributed by atoms with Crippen molar-refractivity contribution in [2.45, 2.75) is 44.6 Å². The average molecular weight is 334 g/mol. The summed E-state index contributed by atoms with van der Waals surface area (Å²) in [4.78, 5) is 3.92. The third kappa shape index (κ3) is 3.39. The Morgan fingerprint density at radius 3 is 2.71 bits per heavy atom. The summed E-state index contributed by atoms with van der Waals surface area (Å²) >= 11 is 0. The molecule has 0 radical (unpaired) electrons. The first-order chi connectivity index (χ1) is 11.6. The molecule has 0 amide bonds. The summed E-state index contributed by atoms with van der Waals surface area (Å²) in [5.74, 6) is -0.583. The molecule has 1 aliphatic rings. The number of hydrogen-bond donors (Lipinski definition) is 2. The summed E-state index contributed by atoms with van der Waals surface area (Å²) in [6.07, 6.45) is 3.76. The first kappa shape index (κ1) is 16.4. The fourth-order valence-corrected chi connectivity index (χ4v) is 3.05. The largest absolute Gasteiger partial charge is 0.476 e. The van der Waals surface area contributed by atoms with Gasteiger partial charge in [-0.1, -0.05) is 18.6 Å². The number of nitrogens with one attached hydrogen (secondary N) is 1. The van der Waals surface area contributed by atoms with Crippen LogP contribution >= 0.6 is 0 Å². The Morgan fingerprint density at radius 2 is 2.00 bits per heavy atom.